The SMILES string of the molecule is CCNC(C)c1ccc(Br)cc1Sc1cc(F)ccc1F. The minimum atomic E-state index is -0.435. The van der Waals surface area contributed by atoms with Crippen molar-refractivity contribution in [2.24, 2.45) is 0 Å². The van der Waals surface area contributed by atoms with Crippen LogP contribution >= 0.6 is 27.7 Å². The van der Waals surface area contributed by atoms with Gasteiger partial charge in [0.1, 0.15) is 11.6 Å². The average molecular weight is 372 g/mol. The van der Waals surface area contributed by atoms with Crippen molar-refractivity contribution in [2.45, 2.75) is 29.7 Å². The standard InChI is InChI=1S/C16H16BrF2NS/c1-3-20-10(2)13-6-4-11(17)8-15(13)21-16-9-12(18)5-7-14(16)19/h4-10,20H,3H2,1-2H3. The third-order valence-corrected chi connectivity index (χ3v) is 4.67. The zero-order valence-corrected chi connectivity index (χ0v) is 14.2. The van der Waals surface area contributed by atoms with E-state index >= 15 is 0 Å². The molecule has 0 radical (unpaired) electrons. The maximum atomic E-state index is 13.8. The summed E-state index contributed by atoms with van der Waals surface area (Å²) in [5, 5.41) is 3.34. The van der Waals surface area contributed by atoms with E-state index in [2.05, 4.69) is 28.2 Å². The van der Waals surface area contributed by atoms with E-state index < -0.39 is 11.6 Å². The Bertz CT molecular complexity index is 634. The van der Waals surface area contributed by atoms with Crippen LogP contribution in [0, 0.1) is 11.6 Å². The first-order valence-corrected chi connectivity index (χ1v) is 8.28. The second kappa shape index (κ2) is 7.38. The lowest BCUT2D eigenvalue weighted by atomic mass is 10.1. The van der Waals surface area contributed by atoms with Gasteiger partial charge in [0, 0.05) is 15.4 Å². The smallest absolute Gasteiger partial charge is 0.137 e. The minimum absolute atomic E-state index is 0.141. The van der Waals surface area contributed by atoms with Crippen LogP contribution in [0.5, 0.6) is 0 Å². The molecule has 1 N–H and O–H groups in total. The molecule has 5 heteroatoms. The van der Waals surface area contributed by atoms with Crippen molar-refractivity contribution in [1.82, 2.24) is 5.32 Å². The fourth-order valence-electron chi connectivity index (χ4n) is 2.04. The molecular formula is C16H16BrF2NS. The van der Waals surface area contributed by atoms with Gasteiger partial charge in [-0.05, 0) is 49.4 Å². The molecule has 0 aliphatic carbocycles. The summed E-state index contributed by atoms with van der Waals surface area (Å²) in [5.74, 6) is -0.849. The van der Waals surface area contributed by atoms with Gasteiger partial charge in [-0.3, -0.25) is 0 Å². The van der Waals surface area contributed by atoms with Crippen LogP contribution in [-0.4, -0.2) is 6.54 Å². The summed E-state index contributed by atoms with van der Waals surface area (Å²) >= 11 is 4.67. The van der Waals surface area contributed by atoms with E-state index in [1.807, 2.05) is 25.1 Å². The van der Waals surface area contributed by atoms with Gasteiger partial charge in [0.25, 0.3) is 0 Å². The Morgan fingerprint density at radius 1 is 1.14 bits per heavy atom. The van der Waals surface area contributed by atoms with Crippen LogP contribution in [0.15, 0.2) is 50.7 Å². The predicted octanol–water partition coefficient (Wildman–Crippen LogP) is 5.55. The first-order chi connectivity index (χ1) is 10.0. The van der Waals surface area contributed by atoms with Crippen molar-refractivity contribution in [3.63, 3.8) is 0 Å². The molecule has 112 valence electrons. The maximum Gasteiger partial charge on any atom is 0.137 e. The minimum Gasteiger partial charge on any atom is -0.310 e. The first kappa shape index (κ1) is 16.5. The highest BCUT2D eigenvalue weighted by atomic mass is 79.9. The van der Waals surface area contributed by atoms with Crippen LogP contribution in [0.2, 0.25) is 0 Å². The number of rotatable bonds is 5. The highest BCUT2D eigenvalue weighted by Crippen LogP contribution is 2.36. The molecule has 0 amide bonds. The second-order valence-corrected chi connectivity index (χ2v) is 6.64. The molecule has 0 heterocycles. The fraction of sp³-hybridized carbons (Fsp3) is 0.250. The van der Waals surface area contributed by atoms with Gasteiger partial charge in [0.2, 0.25) is 0 Å². The van der Waals surface area contributed by atoms with Crippen molar-refractivity contribution >= 4 is 27.7 Å². The normalized spacial score (nSPS) is 12.4. The number of benzene rings is 2. The van der Waals surface area contributed by atoms with Crippen LogP contribution in [0.4, 0.5) is 8.78 Å². The molecular weight excluding hydrogens is 356 g/mol. The molecule has 2 rings (SSSR count). The van der Waals surface area contributed by atoms with Crippen molar-refractivity contribution in [2.75, 3.05) is 6.54 Å². The molecule has 0 aromatic heterocycles. The molecule has 0 fully saturated rings. The largest absolute Gasteiger partial charge is 0.310 e. The Hall–Kier alpha value is -0.910. The van der Waals surface area contributed by atoms with Gasteiger partial charge in [-0.1, -0.05) is 40.7 Å². The quantitative estimate of drug-likeness (QED) is 0.739. The summed E-state index contributed by atoms with van der Waals surface area (Å²) in [6.07, 6.45) is 0. The molecule has 0 spiro atoms. The van der Waals surface area contributed by atoms with Gasteiger partial charge >= 0.3 is 0 Å². The van der Waals surface area contributed by atoms with Crippen LogP contribution < -0.4 is 5.32 Å². The second-order valence-electron chi connectivity index (χ2n) is 4.64. The van der Waals surface area contributed by atoms with E-state index in [4.69, 9.17) is 0 Å². The summed E-state index contributed by atoms with van der Waals surface area (Å²) in [5.41, 5.74) is 1.06. The van der Waals surface area contributed by atoms with E-state index in [1.54, 1.807) is 0 Å². The summed E-state index contributed by atoms with van der Waals surface area (Å²) in [7, 11) is 0. The van der Waals surface area contributed by atoms with E-state index in [0.717, 1.165) is 33.6 Å². The van der Waals surface area contributed by atoms with Crippen molar-refractivity contribution in [3.05, 3.63) is 58.1 Å². The Morgan fingerprint density at radius 2 is 1.90 bits per heavy atom. The summed E-state index contributed by atoms with van der Waals surface area (Å²) in [6, 6.07) is 9.53. The van der Waals surface area contributed by atoms with Crippen molar-refractivity contribution < 1.29 is 8.78 Å². The molecule has 0 saturated heterocycles. The zero-order chi connectivity index (χ0) is 15.4. The lowest BCUT2D eigenvalue weighted by molar-refractivity contribution is 0.576. The Labute approximate surface area is 136 Å². The zero-order valence-electron chi connectivity index (χ0n) is 11.8. The van der Waals surface area contributed by atoms with Gasteiger partial charge in [0.05, 0.1) is 4.90 Å². The predicted molar refractivity (Wildman–Crippen MR) is 86.7 cm³/mol. The fourth-order valence-corrected chi connectivity index (χ4v) is 3.68. The van der Waals surface area contributed by atoms with E-state index in [-0.39, 0.29) is 10.9 Å². The van der Waals surface area contributed by atoms with E-state index in [9.17, 15) is 8.78 Å². The molecule has 1 unspecified atom stereocenters. The average Bonchev–Trinajstić information content (AvgIpc) is 2.43. The number of halogens is 3. The highest BCUT2D eigenvalue weighted by Gasteiger charge is 2.14. The van der Waals surface area contributed by atoms with Gasteiger partial charge in [-0.15, -0.1) is 0 Å². The Morgan fingerprint density at radius 3 is 2.62 bits per heavy atom. The molecule has 2 aromatic rings. The van der Waals surface area contributed by atoms with Gasteiger partial charge in [-0.25, -0.2) is 8.78 Å². The Kier molecular flexibility index (Phi) is 5.79. The molecule has 0 aliphatic heterocycles. The Balaban J connectivity index is 2.38. The van der Waals surface area contributed by atoms with Crippen LogP contribution in [-0.2, 0) is 0 Å². The molecule has 21 heavy (non-hydrogen) atoms. The van der Waals surface area contributed by atoms with Gasteiger partial charge in [0.15, 0.2) is 0 Å². The molecule has 0 aliphatic rings. The molecule has 1 atom stereocenters. The lowest BCUT2D eigenvalue weighted by Crippen LogP contribution is -2.18. The van der Waals surface area contributed by atoms with E-state index in [1.165, 1.54) is 17.8 Å². The monoisotopic (exact) mass is 371 g/mol. The number of nitrogens with one attached hydrogen (secondary N) is 1. The third kappa shape index (κ3) is 4.28. The topological polar surface area (TPSA) is 12.0 Å². The first-order valence-electron chi connectivity index (χ1n) is 6.67. The van der Waals surface area contributed by atoms with Gasteiger partial charge < -0.3 is 5.32 Å². The number of hydrogen-bond donors (Lipinski definition) is 1. The summed E-state index contributed by atoms with van der Waals surface area (Å²) < 4.78 is 28.0. The van der Waals surface area contributed by atoms with Crippen molar-refractivity contribution in [1.29, 1.82) is 0 Å². The van der Waals surface area contributed by atoms with Crippen LogP contribution in [0.1, 0.15) is 25.5 Å². The maximum absolute atomic E-state index is 13.8. The summed E-state index contributed by atoms with van der Waals surface area (Å²) in [4.78, 5) is 1.19. The lowest BCUT2D eigenvalue weighted by Gasteiger charge is -2.17. The molecule has 0 bridgehead atoms. The van der Waals surface area contributed by atoms with Crippen molar-refractivity contribution in [3.8, 4) is 0 Å². The highest BCUT2D eigenvalue weighted by molar-refractivity contribution is 9.10. The van der Waals surface area contributed by atoms with Crippen LogP contribution in [0.25, 0.3) is 0 Å². The number of hydrogen-bond acceptors (Lipinski definition) is 2. The molecule has 1 nitrogen and oxygen atoms in total. The molecule has 0 saturated carbocycles. The third-order valence-electron chi connectivity index (χ3n) is 3.07. The van der Waals surface area contributed by atoms with E-state index in [0.29, 0.717) is 0 Å². The molecule has 2 aromatic carbocycles. The van der Waals surface area contributed by atoms with Crippen LogP contribution in [0.3, 0.4) is 0 Å². The van der Waals surface area contributed by atoms with Gasteiger partial charge in [-0.2, -0.15) is 0 Å². The summed E-state index contributed by atoms with van der Waals surface area (Å²) in [6.45, 7) is 4.93.